The van der Waals surface area contributed by atoms with Crippen molar-refractivity contribution in [2.45, 2.75) is 49.5 Å². The molecule has 2 aromatic heterocycles. The lowest BCUT2D eigenvalue weighted by Gasteiger charge is -2.42. The molecule has 0 amide bonds. The van der Waals surface area contributed by atoms with Crippen LogP contribution >= 0.6 is 11.6 Å². The number of ether oxygens (including phenoxy) is 1. The molecule has 172 valence electrons. The fourth-order valence-corrected chi connectivity index (χ4v) is 6.72. The first-order valence-corrected chi connectivity index (χ1v) is 12.6. The van der Waals surface area contributed by atoms with Gasteiger partial charge in [-0.05, 0) is 49.4 Å². The largest absolute Gasteiger partial charge is 0.618 e. The molecule has 5 rings (SSSR count). The van der Waals surface area contributed by atoms with Gasteiger partial charge in [-0.15, -0.1) is 0 Å². The number of aromatic nitrogens is 2. The van der Waals surface area contributed by atoms with Crippen molar-refractivity contribution in [3.63, 3.8) is 0 Å². The zero-order valence-electron chi connectivity index (χ0n) is 18.3. The Hall–Kier alpha value is -2.52. The summed E-state index contributed by atoms with van der Waals surface area (Å²) in [6.07, 6.45) is 3.29. The summed E-state index contributed by atoms with van der Waals surface area (Å²) in [5.41, 5.74) is 2.53. The van der Waals surface area contributed by atoms with E-state index in [4.69, 9.17) is 16.3 Å². The van der Waals surface area contributed by atoms with Gasteiger partial charge < -0.3 is 9.94 Å². The smallest absolute Gasteiger partial charge is 0.260 e. The number of piperidine rings is 1. The molecule has 0 radical (unpaired) electrons. The Kier molecular flexibility index (Phi) is 5.44. The number of hydrogen-bond acceptors (Lipinski definition) is 5. The maximum absolute atomic E-state index is 13.3. The summed E-state index contributed by atoms with van der Waals surface area (Å²) in [5.74, 6) is 0. The van der Waals surface area contributed by atoms with E-state index in [0.717, 1.165) is 21.4 Å². The Morgan fingerprint density at radius 1 is 1.24 bits per heavy atom. The Morgan fingerprint density at radius 2 is 2.03 bits per heavy atom. The summed E-state index contributed by atoms with van der Waals surface area (Å²) < 4.78 is 35.5. The van der Waals surface area contributed by atoms with E-state index in [1.165, 1.54) is 10.5 Å². The highest BCUT2D eigenvalue weighted by Gasteiger charge is 2.52. The molecule has 33 heavy (non-hydrogen) atoms. The van der Waals surface area contributed by atoms with Gasteiger partial charge in [0.05, 0.1) is 10.6 Å². The fraction of sp³-hybridized carbons (Fsp3) is 0.333. The second kappa shape index (κ2) is 8.06. The summed E-state index contributed by atoms with van der Waals surface area (Å²) in [7, 11) is -3.73. The van der Waals surface area contributed by atoms with Gasteiger partial charge in [-0.2, -0.15) is 9.04 Å². The van der Waals surface area contributed by atoms with Gasteiger partial charge in [0.2, 0.25) is 5.69 Å². The second-order valence-electron chi connectivity index (χ2n) is 8.77. The lowest BCUT2D eigenvalue weighted by atomic mass is 9.81. The minimum atomic E-state index is -3.73. The van der Waals surface area contributed by atoms with Gasteiger partial charge in [-0.1, -0.05) is 41.9 Å². The molecule has 2 aliphatic rings. The zero-order chi connectivity index (χ0) is 23.4. The van der Waals surface area contributed by atoms with Crippen LogP contribution in [0.5, 0.6) is 0 Å². The first-order valence-electron chi connectivity index (χ1n) is 10.8. The van der Waals surface area contributed by atoms with Gasteiger partial charge in [-0.25, -0.2) is 13.4 Å². The highest BCUT2D eigenvalue weighted by molar-refractivity contribution is 7.89. The number of aryl methyl sites for hydroxylation is 1. The third kappa shape index (κ3) is 3.71. The summed E-state index contributed by atoms with van der Waals surface area (Å²) in [6.45, 7) is 4.04. The molecule has 4 heterocycles. The Labute approximate surface area is 198 Å². The predicted octanol–water partition coefficient (Wildman–Crippen LogP) is 3.86. The SMILES string of the molecule is Cc1ccc(S(=O)(=O)N2CCC3(CC2C)OC(c2cc(Cl)cc[n+]2[O-])c2ccccc23)nc1. The highest BCUT2D eigenvalue weighted by atomic mass is 35.5. The van der Waals surface area contributed by atoms with E-state index in [9.17, 15) is 13.6 Å². The molecule has 3 unspecified atom stereocenters. The maximum atomic E-state index is 13.3. The van der Waals surface area contributed by atoms with Crippen LogP contribution in [0.15, 0.2) is 66.0 Å². The lowest BCUT2D eigenvalue weighted by Crippen LogP contribution is -2.50. The number of fused-ring (bicyclic) bond motifs is 2. The molecule has 1 spiro atoms. The average Bonchev–Trinajstić information content (AvgIpc) is 3.09. The first kappa shape index (κ1) is 22.3. The van der Waals surface area contributed by atoms with Crippen LogP contribution in [-0.4, -0.2) is 30.3 Å². The van der Waals surface area contributed by atoms with Crippen LogP contribution in [0.25, 0.3) is 0 Å². The standard InChI is InChI=1S/C24H24ClN3O4S/c1-16-7-8-22(26-15-16)33(30,31)28-12-10-24(14-17(28)2)20-6-4-3-5-19(20)23(32-24)21-13-18(25)9-11-27(21)29/h3-9,11,13,15,17,23H,10,12,14H2,1-2H3. The molecular formula is C24H24ClN3O4S. The number of nitrogens with zero attached hydrogens (tertiary/aromatic N) is 3. The van der Waals surface area contributed by atoms with Crippen molar-refractivity contribution in [3.05, 3.63) is 93.5 Å². The van der Waals surface area contributed by atoms with E-state index in [1.807, 2.05) is 38.1 Å². The number of benzene rings is 1. The quantitative estimate of drug-likeness (QED) is 0.415. The van der Waals surface area contributed by atoms with Crippen molar-refractivity contribution < 1.29 is 17.9 Å². The van der Waals surface area contributed by atoms with E-state index in [1.54, 1.807) is 30.5 Å². The summed E-state index contributed by atoms with van der Waals surface area (Å²) in [5, 5.41) is 13.1. The van der Waals surface area contributed by atoms with Gasteiger partial charge in [0.1, 0.15) is 0 Å². The van der Waals surface area contributed by atoms with E-state index in [0.29, 0.717) is 23.6 Å². The van der Waals surface area contributed by atoms with Gasteiger partial charge >= 0.3 is 0 Å². The van der Waals surface area contributed by atoms with Crippen LogP contribution in [0, 0.1) is 12.1 Å². The maximum Gasteiger partial charge on any atom is 0.260 e. The molecule has 3 aromatic rings. The first-order chi connectivity index (χ1) is 15.7. The summed E-state index contributed by atoms with van der Waals surface area (Å²) in [6, 6.07) is 14.0. The van der Waals surface area contributed by atoms with Gasteiger partial charge in [-0.3, -0.25) is 0 Å². The molecule has 1 fully saturated rings. The van der Waals surface area contributed by atoms with Gasteiger partial charge in [0.25, 0.3) is 10.0 Å². The van der Waals surface area contributed by atoms with E-state index in [-0.39, 0.29) is 17.6 Å². The van der Waals surface area contributed by atoms with E-state index < -0.39 is 21.7 Å². The van der Waals surface area contributed by atoms with Gasteiger partial charge in [0, 0.05) is 30.9 Å². The second-order valence-corrected chi connectivity index (χ2v) is 11.0. The summed E-state index contributed by atoms with van der Waals surface area (Å²) >= 11 is 6.17. The van der Waals surface area contributed by atoms with Crippen molar-refractivity contribution in [1.82, 2.24) is 9.29 Å². The third-order valence-corrected chi connectivity index (χ3v) is 8.73. The van der Waals surface area contributed by atoms with Crippen molar-refractivity contribution in [1.29, 1.82) is 0 Å². The molecule has 3 atom stereocenters. The number of sulfonamides is 1. The molecule has 0 saturated carbocycles. The zero-order valence-corrected chi connectivity index (χ0v) is 19.9. The third-order valence-electron chi connectivity index (χ3n) is 6.57. The van der Waals surface area contributed by atoms with E-state index in [2.05, 4.69) is 4.98 Å². The van der Waals surface area contributed by atoms with Crippen LogP contribution in [0.3, 0.4) is 0 Å². The molecular weight excluding hydrogens is 462 g/mol. The molecule has 0 bridgehead atoms. The van der Waals surface area contributed by atoms with Gasteiger partial charge in [0.15, 0.2) is 17.3 Å². The van der Waals surface area contributed by atoms with E-state index >= 15 is 0 Å². The van der Waals surface area contributed by atoms with Crippen LogP contribution in [-0.2, 0) is 20.4 Å². The number of pyridine rings is 2. The molecule has 9 heteroatoms. The highest BCUT2D eigenvalue weighted by Crippen LogP contribution is 2.52. The van der Waals surface area contributed by atoms with Crippen LogP contribution in [0.2, 0.25) is 5.02 Å². The molecule has 1 aromatic carbocycles. The van der Waals surface area contributed by atoms with Crippen LogP contribution in [0.1, 0.15) is 48.3 Å². The van der Waals surface area contributed by atoms with Crippen molar-refractivity contribution in [2.75, 3.05) is 6.54 Å². The van der Waals surface area contributed by atoms with Crippen LogP contribution in [0.4, 0.5) is 0 Å². The number of hydrogen-bond donors (Lipinski definition) is 0. The normalized spacial score (nSPS) is 25.3. The Balaban J connectivity index is 1.48. The number of halogens is 1. The fourth-order valence-electron chi connectivity index (χ4n) is 5.01. The predicted molar refractivity (Wildman–Crippen MR) is 123 cm³/mol. The Morgan fingerprint density at radius 3 is 2.76 bits per heavy atom. The molecule has 0 N–H and O–H groups in total. The Bertz CT molecular complexity index is 1320. The summed E-state index contributed by atoms with van der Waals surface area (Å²) in [4.78, 5) is 4.14. The molecule has 7 nitrogen and oxygen atoms in total. The minimum Gasteiger partial charge on any atom is -0.618 e. The lowest BCUT2D eigenvalue weighted by molar-refractivity contribution is -0.618. The average molecular weight is 486 g/mol. The van der Waals surface area contributed by atoms with Crippen molar-refractivity contribution >= 4 is 21.6 Å². The molecule has 0 aliphatic carbocycles. The van der Waals surface area contributed by atoms with Crippen molar-refractivity contribution in [3.8, 4) is 0 Å². The van der Waals surface area contributed by atoms with Crippen molar-refractivity contribution in [2.24, 2.45) is 0 Å². The number of rotatable bonds is 3. The molecule has 2 aliphatic heterocycles. The topological polar surface area (TPSA) is 86.4 Å². The molecule has 1 saturated heterocycles. The van der Waals surface area contributed by atoms with Crippen LogP contribution < -0.4 is 4.73 Å². The minimum absolute atomic E-state index is 0.0489. The monoisotopic (exact) mass is 485 g/mol.